The fraction of sp³-hybridized carbons (Fsp3) is 0.176. The number of hydrogen-bond acceptors (Lipinski definition) is 3. The summed E-state index contributed by atoms with van der Waals surface area (Å²) in [4.78, 5) is 29.1. The van der Waals surface area contributed by atoms with Crippen molar-refractivity contribution in [1.29, 1.82) is 0 Å². The van der Waals surface area contributed by atoms with Crippen LogP contribution in [0.2, 0.25) is 0 Å². The summed E-state index contributed by atoms with van der Waals surface area (Å²) < 4.78 is 77.6. The number of nitrogens with zero attached hydrogens (tertiary/aromatic N) is 1. The Bertz CT molecular complexity index is 885. The molecule has 0 saturated carbocycles. The minimum Gasteiger partial charge on any atom is -0.266 e. The van der Waals surface area contributed by atoms with Gasteiger partial charge in [-0.1, -0.05) is 12.1 Å². The largest absolute Gasteiger partial charge is 0.416 e. The van der Waals surface area contributed by atoms with Gasteiger partial charge < -0.3 is 0 Å². The maximum absolute atomic E-state index is 13.1. The van der Waals surface area contributed by atoms with Gasteiger partial charge in [-0.05, 0) is 35.9 Å². The molecule has 27 heavy (non-hydrogen) atoms. The van der Waals surface area contributed by atoms with Gasteiger partial charge in [0.15, 0.2) is 0 Å². The van der Waals surface area contributed by atoms with Gasteiger partial charge in [0.1, 0.15) is 6.61 Å². The van der Waals surface area contributed by atoms with E-state index in [1.165, 1.54) is 24.3 Å². The molecular weight excluding hydrogens is 380 g/mol. The van der Waals surface area contributed by atoms with E-state index in [2.05, 4.69) is 0 Å². The highest BCUT2D eigenvalue weighted by Gasteiger charge is 2.39. The molecule has 1 aliphatic heterocycles. The molecule has 0 atom stereocenters. The summed E-state index contributed by atoms with van der Waals surface area (Å²) in [6, 6.07) is 6.46. The third kappa shape index (κ3) is 3.52. The second kappa shape index (κ2) is 6.38. The van der Waals surface area contributed by atoms with Crippen molar-refractivity contribution >= 4 is 11.8 Å². The van der Waals surface area contributed by atoms with Crippen molar-refractivity contribution in [2.24, 2.45) is 0 Å². The van der Waals surface area contributed by atoms with Crippen molar-refractivity contribution in [2.75, 3.05) is 0 Å². The Labute approximate surface area is 147 Å². The number of halogens is 6. The lowest BCUT2D eigenvalue weighted by molar-refractivity contribution is -0.144. The molecule has 0 saturated heterocycles. The monoisotopic (exact) mass is 389 g/mol. The van der Waals surface area contributed by atoms with Crippen LogP contribution in [0, 0.1) is 0 Å². The number of hydrogen-bond donors (Lipinski definition) is 0. The number of carbonyl (C=O) groups is 2. The van der Waals surface area contributed by atoms with Crippen molar-refractivity contribution in [2.45, 2.75) is 19.0 Å². The van der Waals surface area contributed by atoms with Crippen LogP contribution < -0.4 is 0 Å². The van der Waals surface area contributed by atoms with Crippen molar-refractivity contribution in [3.63, 3.8) is 0 Å². The zero-order valence-electron chi connectivity index (χ0n) is 13.2. The molecular formula is C17H9F6NO3. The molecule has 3 rings (SSSR count). The lowest BCUT2D eigenvalue weighted by Gasteiger charge is -2.18. The number of benzene rings is 2. The minimum absolute atomic E-state index is 0.0115. The van der Waals surface area contributed by atoms with Crippen LogP contribution in [0.1, 0.15) is 37.4 Å². The molecule has 0 N–H and O–H groups in total. The van der Waals surface area contributed by atoms with E-state index in [0.717, 1.165) is 0 Å². The zero-order chi connectivity index (χ0) is 20.0. The Morgan fingerprint density at radius 2 is 1.37 bits per heavy atom. The van der Waals surface area contributed by atoms with Crippen LogP contribution in [0.25, 0.3) is 0 Å². The molecule has 0 bridgehead atoms. The number of alkyl halides is 6. The third-order valence-corrected chi connectivity index (χ3v) is 3.84. The molecule has 2 amide bonds. The van der Waals surface area contributed by atoms with E-state index < -0.39 is 47.5 Å². The van der Waals surface area contributed by atoms with Gasteiger partial charge in [0.25, 0.3) is 11.8 Å². The van der Waals surface area contributed by atoms with Gasteiger partial charge in [0, 0.05) is 0 Å². The number of carbonyl (C=O) groups excluding carboxylic acids is 2. The normalized spacial score (nSPS) is 14.7. The van der Waals surface area contributed by atoms with E-state index in [-0.39, 0.29) is 28.3 Å². The first kappa shape index (κ1) is 18.9. The predicted octanol–water partition coefficient (Wildman–Crippen LogP) is 4.45. The predicted molar refractivity (Wildman–Crippen MR) is 78.2 cm³/mol. The van der Waals surface area contributed by atoms with Gasteiger partial charge in [0.05, 0.1) is 22.3 Å². The van der Waals surface area contributed by atoms with Crippen LogP contribution in [0.5, 0.6) is 0 Å². The van der Waals surface area contributed by atoms with E-state index in [4.69, 9.17) is 4.84 Å². The van der Waals surface area contributed by atoms with Crippen molar-refractivity contribution in [3.8, 4) is 0 Å². The SMILES string of the molecule is O=C1c2ccccc2C(=O)N1OCc1cc(C(F)(F)F)ccc1C(F)(F)F. The maximum atomic E-state index is 13.1. The number of rotatable bonds is 3. The molecule has 0 aromatic heterocycles. The van der Waals surface area contributed by atoms with Gasteiger partial charge in [-0.15, -0.1) is 5.06 Å². The highest BCUT2D eigenvalue weighted by molar-refractivity contribution is 6.20. The summed E-state index contributed by atoms with van der Waals surface area (Å²) >= 11 is 0. The molecule has 2 aromatic rings. The summed E-state index contributed by atoms with van der Waals surface area (Å²) in [7, 11) is 0. The van der Waals surface area contributed by atoms with Crippen LogP contribution in [0.3, 0.4) is 0 Å². The average molecular weight is 389 g/mol. The Kier molecular flexibility index (Phi) is 4.46. The van der Waals surface area contributed by atoms with Crippen molar-refractivity contribution < 1.29 is 40.8 Å². The summed E-state index contributed by atoms with van der Waals surface area (Å²) in [5.41, 5.74) is -3.54. The van der Waals surface area contributed by atoms with Crippen molar-refractivity contribution in [1.82, 2.24) is 5.06 Å². The smallest absolute Gasteiger partial charge is 0.266 e. The fourth-order valence-electron chi connectivity index (χ4n) is 2.58. The van der Waals surface area contributed by atoms with Crippen LogP contribution in [0.15, 0.2) is 42.5 Å². The molecule has 0 radical (unpaired) electrons. The Morgan fingerprint density at radius 1 is 0.815 bits per heavy atom. The van der Waals surface area contributed by atoms with E-state index >= 15 is 0 Å². The molecule has 0 unspecified atom stereocenters. The van der Waals surface area contributed by atoms with Crippen molar-refractivity contribution in [3.05, 3.63) is 70.3 Å². The van der Waals surface area contributed by atoms with E-state index in [9.17, 15) is 35.9 Å². The van der Waals surface area contributed by atoms with E-state index in [0.29, 0.717) is 6.07 Å². The Hall–Kier alpha value is -2.88. The second-order valence-electron chi connectivity index (χ2n) is 5.59. The molecule has 142 valence electrons. The molecule has 0 spiro atoms. The molecule has 0 aliphatic carbocycles. The number of hydroxylamine groups is 2. The van der Waals surface area contributed by atoms with Crippen LogP contribution in [-0.2, 0) is 23.8 Å². The lowest BCUT2D eigenvalue weighted by Crippen LogP contribution is -2.30. The molecule has 0 fully saturated rings. The Balaban J connectivity index is 1.90. The fourth-order valence-corrected chi connectivity index (χ4v) is 2.58. The van der Waals surface area contributed by atoms with E-state index in [1.807, 2.05) is 0 Å². The summed E-state index contributed by atoms with van der Waals surface area (Å²) in [5, 5.41) is 0.241. The number of fused-ring (bicyclic) bond motifs is 1. The topological polar surface area (TPSA) is 46.6 Å². The third-order valence-electron chi connectivity index (χ3n) is 3.84. The summed E-state index contributed by atoms with van der Waals surface area (Å²) in [6.07, 6.45) is -9.81. The Morgan fingerprint density at radius 3 is 1.85 bits per heavy atom. The van der Waals surface area contributed by atoms with Gasteiger partial charge in [0.2, 0.25) is 0 Å². The number of amides is 2. The van der Waals surface area contributed by atoms with Crippen LogP contribution in [-0.4, -0.2) is 16.9 Å². The highest BCUT2D eigenvalue weighted by Crippen LogP contribution is 2.37. The second-order valence-corrected chi connectivity index (χ2v) is 5.59. The number of imide groups is 1. The molecule has 1 heterocycles. The van der Waals surface area contributed by atoms with Gasteiger partial charge >= 0.3 is 12.4 Å². The molecule has 4 nitrogen and oxygen atoms in total. The first-order valence-corrected chi connectivity index (χ1v) is 7.38. The van der Waals surface area contributed by atoms with Crippen LogP contribution >= 0.6 is 0 Å². The molecule has 2 aromatic carbocycles. The standard InChI is InChI=1S/C17H9F6NO3/c18-16(19,20)10-5-6-13(17(21,22)23)9(7-10)8-27-24-14(25)11-3-1-2-4-12(11)15(24)26/h1-7H,8H2. The maximum Gasteiger partial charge on any atom is 0.416 e. The zero-order valence-corrected chi connectivity index (χ0v) is 13.2. The van der Waals surface area contributed by atoms with E-state index in [1.54, 1.807) is 0 Å². The minimum atomic E-state index is -4.94. The van der Waals surface area contributed by atoms with Crippen LogP contribution in [0.4, 0.5) is 26.3 Å². The summed E-state index contributed by atoms with van der Waals surface area (Å²) in [6.45, 7) is -1.05. The van der Waals surface area contributed by atoms with Gasteiger partial charge in [-0.25, -0.2) is 0 Å². The molecule has 1 aliphatic rings. The van der Waals surface area contributed by atoms with Gasteiger partial charge in [-0.3, -0.25) is 14.4 Å². The quantitative estimate of drug-likeness (QED) is 0.576. The average Bonchev–Trinajstić information content (AvgIpc) is 2.82. The summed E-state index contributed by atoms with van der Waals surface area (Å²) in [5.74, 6) is -1.81. The first-order valence-electron chi connectivity index (χ1n) is 7.38. The van der Waals surface area contributed by atoms with Gasteiger partial charge in [-0.2, -0.15) is 26.3 Å². The lowest BCUT2D eigenvalue weighted by atomic mass is 10.0. The highest BCUT2D eigenvalue weighted by atomic mass is 19.4. The first-order chi connectivity index (χ1) is 12.5. The molecule has 10 heteroatoms.